The number of carbonyl (C=O) groups excluding carboxylic acids is 1. The number of para-hydroxylation sites is 1. The van der Waals surface area contributed by atoms with Gasteiger partial charge in [0.25, 0.3) is 0 Å². The highest BCUT2D eigenvalue weighted by molar-refractivity contribution is 5.73. The van der Waals surface area contributed by atoms with Gasteiger partial charge in [-0.2, -0.15) is 0 Å². The first kappa shape index (κ1) is 9.58. The molecule has 0 radical (unpaired) electrons. The molecule has 1 atom stereocenters. The van der Waals surface area contributed by atoms with Crippen LogP contribution in [0.25, 0.3) is 0 Å². The molecule has 0 aliphatic carbocycles. The van der Waals surface area contributed by atoms with Crippen LogP contribution in [-0.4, -0.2) is 11.0 Å². The normalized spacial score (nSPS) is 12.2. The molecule has 1 amide bonds. The number of benzene rings is 1. The quantitative estimate of drug-likeness (QED) is 0.724. The number of aromatic hydroxyl groups is 1. The van der Waals surface area contributed by atoms with Gasteiger partial charge >= 0.3 is 0 Å². The van der Waals surface area contributed by atoms with Crippen LogP contribution in [0.5, 0.6) is 5.75 Å². The summed E-state index contributed by atoms with van der Waals surface area (Å²) in [5, 5.41) is 12.1. The zero-order valence-corrected chi connectivity index (χ0v) is 7.74. The van der Waals surface area contributed by atoms with Crippen LogP contribution in [0.2, 0.25) is 0 Å². The van der Waals surface area contributed by atoms with E-state index in [1.807, 2.05) is 13.0 Å². The summed E-state index contributed by atoms with van der Waals surface area (Å²) in [5.41, 5.74) is 0.734. The molecule has 0 fully saturated rings. The van der Waals surface area contributed by atoms with Gasteiger partial charge in [-0.05, 0) is 13.0 Å². The first-order valence-corrected chi connectivity index (χ1v) is 4.16. The number of amides is 1. The minimum Gasteiger partial charge on any atom is -0.508 e. The van der Waals surface area contributed by atoms with Crippen LogP contribution in [0.4, 0.5) is 0 Å². The monoisotopic (exact) mass is 179 g/mol. The standard InChI is InChI=1S/C10H13NO2/c1-7(11-8(2)12)9-5-3-4-6-10(9)13/h3-7,13H,1-2H3,(H,11,12)/t7-/m0/s1. The van der Waals surface area contributed by atoms with Crippen LogP contribution in [0, 0.1) is 0 Å². The molecule has 2 N–H and O–H groups in total. The fourth-order valence-electron chi connectivity index (χ4n) is 1.24. The molecular formula is C10H13NO2. The van der Waals surface area contributed by atoms with Crippen LogP contribution < -0.4 is 5.32 Å². The lowest BCUT2D eigenvalue weighted by atomic mass is 10.1. The number of nitrogens with one attached hydrogen (secondary N) is 1. The van der Waals surface area contributed by atoms with Crippen LogP contribution in [0.3, 0.4) is 0 Å². The molecule has 0 spiro atoms. The number of hydrogen-bond donors (Lipinski definition) is 2. The Hall–Kier alpha value is -1.51. The minimum absolute atomic E-state index is 0.101. The molecular weight excluding hydrogens is 166 g/mol. The Kier molecular flexibility index (Phi) is 2.90. The van der Waals surface area contributed by atoms with Crippen molar-refractivity contribution in [2.45, 2.75) is 19.9 Å². The average molecular weight is 179 g/mol. The topological polar surface area (TPSA) is 49.3 Å². The molecule has 0 heterocycles. The van der Waals surface area contributed by atoms with Crippen LogP contribution in [0.15, 0.2) is 24.3 Å². The average Bonchev–Trinajstić information content (AvgIpc) is 2.03. The van der Waals surface area contributed by atoms with E-state index in [2.05, 4.69) is 5.32 Å². The Morgan fingerprint density at radius 2 is 2.08 bits per heavy atom. The second-order valence-electron chi connectivity index (χ2n) is 2.98. The lowest BCUT2D eigenvalue weighted by Gasteiger charge is -2.13. The van der Waals surface area contributed by atoms with Gasteiger partial charge in [0.2, 0.25) is 5.91 Å². The third-order valence-electron chi connectivity index (χ3n) is 1.82. The van der Waals surface area contributed by atoms with Gasteiger partial charge < -0.3 is 10.4 Å². The van der Waals surface area contributed by atoms with Gasteiger partial charge in [0.15, 0.2) is 0 Å². The lowest BCUT2D eigenvalue weighted by molar-refractivity contribution is -0.119. The molecule has 13 heavy (non-hydrogen) atoms. The lowest BCUT2D eigenvalue weighted by Crippen LogP contribution is -2.23. The zero-order valence-electron chi connectivity index (χ0n) is 7.74. The van der Waals surface area contributed by atoms with Crippen LogP contribution in [0.1, 0.15) is 25.5 Å². The molecule has 3 nitrogen and oxygen atoms in total. The summed E-state index contributed by atoms with van der Waals surface area (Å²) in [7, 11) is 0. The molecule has 70 valence electrons. The third kappa shape index (κ3) is 2.47. The van der Waals surface area contributed by atoms with Gasteiger partial charge in [-0.3, -0.25) is 4.79 Å². The van der Waals surface area contributed by atoms with Crippen molar-refractivity contribution >= 4 is 5.91 Å². The maximum Gasteiger partial charge on any atom is 0.217 e. The number of phenols is 1. The minimum atomic E-state index is -0.154. The highest BCUT2D eigenvalue weighted by atomic mass is 16.3. The Balaban J connectivity index is 2.82. The van der Waals surface area contributed by atoms with Crippen molar-refractivity contribution in [1.29, 1.82) is 0 Å². The molecule has 1 aromatic carbocycles. The number of carbonyl (C=O) groups is 1. The van der Waals surface area contributed by atoms with Gasteiger partial charge in [0.1, 0.15) is 5.75 Å². The van der Waals surface area contributed by atoms with E-state index in [9.17, 15) is 9.90 Å². The summed E-state index contributed by atoms with van der Waals surface area (Å²) in [5.74, 6) is 0.111. The number of hydrogen-bond acceptors (Lipinski definition) is 2. The second kappa shape index (κ2) is 3.94. The molecule has 0 aliphatic rings. The van der Waals surface area contributed by atoms with Crippen molar-refractivity contribution in [2.75, 3.05) is 0 Å². The van der Waals surface area contributed by atoms with Crippen molar-refractivity contribution in [3.05, 3.63) is 29.8 Å². The molecule has 3 heteroatoms. The zero-order chi connectivity index (χ0) is 9.84. The Bertz CT molecular complexity index is 310. The summed E-state index contributed by atoms with van der Waals surface area (Å²) in [4.78, 5) is 10.7. The second-order valence-corrected chi connectivity index (χ2v) is 2.98. The van der Waals surface area contributed by atoms with Crippen LogP contribution in [-0.2, 0) is 4.79 Å². The molecule has 0 aliphatic heterocycles. The molecule has 1 aromatic rings. The largest absolute Gasteiger partial charge is 0.508 e. The highest BCUT2D eigenvalue weighted by Gasteiger charge is 2.09. The van der Waals surface area contributed by atoms with Gasteiger partial charge in [-0.25, -0.2) is 0 Å². The summed E-state index contributed by atoms with van der Waals surface area (Å²) in [6, 6.07) is 6.81. The van der Waals surface area contributed by atoms with Crippen molar-refractivity contribution in [1.82, 2.24) is 5.32 Å². The highest BCUT2D eigenvalue weighted by Crippen LogP contribution is 2.22. The van der Waals surface area contributed by atoms with Gasteiger partial charge in [0, 0.05) is 12.5 Å². The summed E-state index contributed by atoms with van der Waals surface area (Å²) >= 11 is 0. The van der Waals surface area contributed by atoms with Crippen molar-refractivity contribution in [2.24, 2.45) is 0 Å². The molecule has 0 saturated heterocycles. The summed E-state index contributed by atoms with van der Waals surface area (Å²) < 4.78 is 0. The van der Waals surface area contributed by atoms with Crippen molar-refractivity contribution in [3.63, 3.8) is 0 Å². The molecule has 0 bridgehead atoms. The molecule has 0 unspecified atom stereocenters. The van der Waals surface area contributed by atoms with Crippen LogP contribution >= 0.6 is 0 Å². The first-order chi connectivity index (χ1) is 6.11. The van der Waals surface area contributed by atoms with E-state index < -0.39 is 0 Å². The fourth-order valence-corrected chi connectivity index (χ4v) is 1.24. The van der Waals surface area contributed by atoms with E-state index in [1.165, 1.54) is 6.92 Å². The predicted molar refractivity (Wildman–Crippen MR) is 50.3 cm³/mol. The van der Waals surface area contributed by atoms with E-state index in [-0.39, 0.29) is 17.7 Å². The Morgan fingerprint density at radius 1 is 1.46 bits per heavy atom. The number of phenolic OH excluding ortho intramolecular Hbond substituents is 1. The smallest absolute Gasteiger partial charge is 0.217 e. The summed E-state index contributed by atoms with van der Waals surface area (Å²) in [6.45, 7) is 3.28. The van der Waals surface area contributed by atoms with Gasteiger partial charge in [-0.1, -0.05) is 18.2 Å². The SMILES string of the molecule is CC(=O)N[C@@H](C)c1ccccc1O. The Morgan fingerprint density at radius 3 is 2.62 bits per heavy atom. The fraction of sp³-hybridized carbons (Fsp3) is 0.300. The van der Waals surface area contributed by atoms with E-state index in [0.717, 1.165) is 5.56 Å². The third-order valence-corrected chi connectivity index (χ3v) is 1.82. The maximum atomic E-state index is 10.7. The van der Waals surface area contributed by atoms with E-state index in [1.54, 1.807) is 18.2 Å². The molecule has 1 rings (SSSR count). The van der Waals surface area contributed by atoms with Crippen molar-refractivity contribution in [3.8, 4) is 5.75 Å². The number of rotatable bonds is 2. The maximum absolute atomic E-state index is 10.7. The summed E-state index contributed by atoms with van der Waals surface area (Å²) in [6.07, 6.45) is 0. The first-order valence-electron chi connectivity index (χ1n) is 4.16. The van der Waals surface area contributed by atoms with E-state index >= 15 is 0 Å². The van der Waals surface area contributed by atoms with Gasteiger partial charge in [-0.15, -0.1) is 0 Å². The van der Waals surface area contributed by atoms with E-state index in [4.69, 9.17) is 0 Å². The Labute approximate surface area is 77.4 Å². The van der Waals surface area contributed by atoms with Crippen molar-refractivity contribution < 1.29 is 9.90 Å². The predicted octanol–water partition coefficient (Wildman–Crippen LogP) is 1.59. The molecule has 0 saturated carbocycles. The molecule has 0 aromatic heterocycles. The van der Waals surface area contributed by atoms with E-state index in [0.29, 0.717) is 0 Å². The van der Waals surface area contributed by atoms with Gasteiger partial charge in [0.05, 0.1) is 6.04 Å².